The van der Waals surface area contributed by atoms with Gasteiger partial charge >= 0.3 is 17.9 Å². The Bertz CT molecular complexity index is 398. The van der Waals surface area contributed by atoms with E-state index in [-0.39, 0.29) is 47.7 Å². The van der Waals surface area contributed by atoms with Crippen LogP contribution in [0.4, 0.5) is 0 Å². The zero-order chi connectivity index (χ0) is 23.9. The van der Waals surface area contributed by atoms with Crippen molar-refractivity contribution < 1.29 is 71.5 Å². The van der Waals surface area contributed by atoms with Crippen LogP contribution in [0.3, 0.4) is 0 Å². The van der Waals surface area contributed by atoms with Crippen LogP contribution in [0.25, 0.3) is 0 Å². The third kappa shape index (κ3) is 40.6. The van der Waals surface area contributed by atoms with Crippen LogP contribution in [0.2, 0.25) is 0 Å². The van der Waals surface area contributed by atoms with Crippen molar-refractivity contribution in [2.75, 3.05) is 0 Å². The van der Waals surface area contributed by atoms with Crippen molar-refractivity contribution in [3.63, 3.8) is 0 Å². The summed E-state index contributed by atoms with van der Waals surface area (Å²) in [5.41, 5.74) is 0. The fraction of sp³-hybridized carbons (Fsp3) is 0.875. The molecule has 1 atom stereocenters. The van der Waals surface area contributed by atoms with E-state index in [1.54, 1.807) is 0 Å². The summed E-state index contributed by atoms with van der Waals surface area (Å²) in [5.74, 6) is -0.703. The van der Waals surface area contributed by atoms with Crippen molar-refractivity contribution in [3.8, 4) is 0 Å². The number of hydrogen-bond acceptors (Lipinski definition) is 3. The van der Waals surface area contributed by atoms with E-state index in [4.69, 9.17) is 15.3 Å². The fourth-order valence-corrected chi connectivity index (χ4v) is 2.61. The van der Waals surface area contributed by atoms with Crippen LogP contribution in [-0.2, 0) is 14.4 Å². The van der Waals surface area contributed by atoms with Crippen molar-refractivity contribution in [3.05, 3.63) is 0 Å². The van der Waals surface area contributed by atoms with Crippen LogP contribution in [0.15, 0.2) is 0 Å². The standard InChI is InChI=1S/3C8H16O2.Ce/c2*1-7(2)5-3-4-6-8(9)10;1-3-5-6-7(4-2)8(9)10;/h3*7H,3-6H2,1-2H3,(H,9,10);. The molecule has 0 aromatic rings. The van der Waals surface area contributed by atoms with Gasteiger partial charge in [-0.15, -0.1) is 0 Å². The second-order valence-electron chi connectivity index (χ2n) is 8.65. The summed E-state index contributed by atoms with van der Waals surface area (Å²) in [7, 11) is 0. The van der Waals surface area contributed by atoms with E-state index >= 15 is 0 Å². The zero-order valence-electron chi connectivity index (χ0n) is 20.8. The molecule has 0 saturated carbocycles. The monoisotopic (exact) mass is 572 g/mol. The SMILES string of the molecule is CC(C)CCCCC(=O)O.CC(C)CCCCC(=O)O.CCCCC(CC)C(=O)O.[Ce]. The number of rotatable bonds is 15. The van der Waals surface area contributed by atoms with Gasteiger partial charge in [-0.25, -0.2) is 0 Å². The van der Waals surface area contributed by atoms with E-state index in [1.807, 2.05) is 6.92 Å². The van der Waals surface area contributed by atoms with Gasteiger partial charge < -0.3 is 15.3 Å². The van der Waals surface area contributed by atoms with Crippen molar-refractivity contribution in [1.82, 2.24) is 0 Å². The molecule has 0 aliphatic rings. The first kappa shape index (κ1) is 38.1. The molecule has 1 unspecified atom stereocenters. The Morgan fingerprint density at radius 1 is 0.645 bits per heavy atom. The molecule has 0 heterocycles. The van der Waals surface area contributed by atoms with Gasteiger partial charge in [0, 0.05) is 54.6 Å². The Morgan fingerprint density at radius 3 is 1.26 bits per heavy atom. The summed E-state index contributed by atoms with van der Waals surface area (Å²) in [5, 5.41) is 25.2. The third-order valence-electron chi connectivity index (χ3n) is 4.59. The van der Waals surface area contributed by atoms with Crippen molar-refractivity contribution in [1.29, 1.82) is 0 Å². The molecule has 0 saturated heterocycles. The average Bonchev–Trinajstić information content (AvgIpc) is 2.63. The summed E-state index contributed by atoms with van der Waals surface area (Å²) in [6, 6.07) is 0. The van der Waals surface area contributed by atoms with E-state index in [0.717, 1.165) is 64.2 Å². The molecule has 6 nitrogen and oxygen atoms in total. The first-order valence-electron chi connectivity index (χ1n) is 11.6. The van der Waals surface area contributed by atoms with E-state index in [9.17, 15) is 14.4 Å². The maximum absolute atomic E-state index is 10.4. The summed E-state index contributed by atoms with van der Waals surface area (Å²) in [6.07, 6.45) is 10.4. The smallest absolute Gasteiger partial charge is 0.306 e. The van der Waals surface area contributed by atoms with Gasteiger partial charge in [-0.05, 0) is 37.5 Å². The maximum atomic E-state index is 10.4. The van der Waals surface area contributed by atoms with Crippen molar-refractivity contribution in [2.45, 2.75) is 119 Å². The van der Waals surface area contributed by atoms with Crippen molar-refractivity contribution >= 4 is 17.9 Å². The van der Waals surface area contributed by atoms with Crippen LogP contribution in [0.5, 0.6) is 0 Å². The Balaban J connectivity index is -0.000000174. The summed E-state index contributed by atoms with van der Waals surface area (Å²) < 4.78 is 0. The first-order valence-corrected chi connectivity index (χ1v) is 11.6. The number of aliphatic carboxylic acids is 3. The Kier molecular flexibility index (Phi) is 34.2. The molecule has 7 heteroatoms. The zero-order valence-corrected chi connectivity index (χ0v) is 23.9. The minimum atomic E-state index is -0.677. The summed E-state index contributed by atoms with van der Waals surface area (Å²) in [6.45, 7) is 12.6. The number of hydrogen-bond donors (Lipinski definition) is 3. The van der Waals surface area contributed by atoms with Crippen LogP contribution < -0.4 is 0 Å². The van der Waals surface area contributed by atoms with Gasteiger partial charge in [-0.1, -0.05) is 80.1 Å². The quantitative estimate of drug-likeness (QED) is 0.185. The number of carboxylic acid groups (broad SMARTS) is 3. The van der Waals surface area contributed by atoms with E-state index < -0.39 is 17.9 Å². The number of carboxylic acids is 3. The predicted molar refractivity (Wildman–Crippen MR) is 123 cm³/mol. The van der Waals surface area contributed by atoms with E-state index in [0.29, 0.717) is 24.7 Å². The molecule has 0 rings (SSSR count). The minimum absolute atomic E-state index is 0. The Labute approximate surface area is 224 Å². The van der Waals surface area contributed by atoms with E-state index in [2.05, 4.69) is 34.6 Å². The number of unbranched alkanes of at least 4 members (excludes halogenated alkanes) is 3. The minimum Gasteiger partial charge on any atom is -0.481 e. The molecule has 0 aromatic heterocycles. The molecule has 0 aromatic carbocycles. The van der Waals surface area contributed by atoms with Crippen LogP contribution in [0.1, 0.15) is 119 Å². The first-order chi connectivity index (χ1) is 14.0. The molecular formula is C24H48CeO6. The van der Waals surface area contributed by atoms with E-state index in [1.165, 1.54) is 0 Å². The van der Waals surface area contributed by atoms with Gasteiger partial charge in [0.15, 0.2) is 0 Å². The molecule has 0 bridgehead atoms. The van der Waals surface area contributed by atoms with Crippen molar-refractivity contribution in [2.24, 2.45) is 17.8 Å². The molecule has 31 heavy (non-hydrogen) atoms. The largest absolute Gasteiger partial charge is 0.481 e. The van der Waals surface area contributed by atoms with Crippen LogP contribution in [-0.4, -0.2) is 33.2 Å². The molecule has 184 valence electrons. The molecule has 0 spiro atoms. The molecule has 0 radical (unpaired) electrons. The molecule has 0 aliphatic heterocycles. The molecule has 0 fully saturated rings. The fourth-order valence-electron chi connectivity index (χ4n) is 2.61. The Hall–Kier alpha value is -0.213. The molecule has 0 amide bonds. The van der Waals surface area contributed by atoms with Gasteiger partial charge in [0.05, 0.1) is 5.92 Å². The number of carbonyl (C=O) groups is 3. The van der Waals surface area contributed by atoms with Crippen LogP contribution >= 0.6 is 0 Å². The Morgan fingerprint density at radius 2 is 1.03 bits per heavy atom. The molecule has 0 aliphatic carbocycles. The normalized spacial score (nSPS) is 10.8. The predicted octanol–water partition coefficient (Wildman–Crippen LogP) is 6.86. The summed E-state index contributed by atoms with van der Waals surface area (Å²) >= 11 is 0. The summed E-state index contributed by atoms with van der Waals surface area (Å²) in [4.78, 5) is 30.5. The average molecular weight is 573 g/mol. The van der Waals surface area contributed by atoms with Gasteiger partial charge in [0.2, 0.25) is 0 Å². The molecule has 3 N–H and O–H groups in total. The third-order valence-corrected chi connectivity index (χ3v) is 4.59. The second kappa shape index (κ2) is 27.8. The van der Waals surface area contributed by atoms with Gasteiger partial charge in [-0.2, -0.15) is 0 Å². The topological polar surface area (TPSA) is 112 Å². The second-order valence-corrected chi connectivity index (χ2v) is 8.65. The van der Waals surface area contributed by atoms with Gasteiger partial charge in [-0.3, -0.25) is 14.4 Å². The maximum Gasteiger partial charge on any atom is 0.306 e. The van der Waals surface area contributed by atoms with Gasteiger partial charge in [0.1, 0.15) is 0 Å². The van der Waals surface area contributed by atoms with Crippen LogP contribution in [0, 0.1) is 59.5 Å². The molecular weight excluding hydrogens is 524 g/mol. The van der Waals surface area contributed by atoms with Gasteiger partial charge in [0.25, 0.3) is 0 Å².